The smallest absolute Gasteiger partial charge is 0.0605 e. The van der Waals surface area contributed by atoms with Gasteiger partial charge in [0.25, 0.3) is 0 Å². The third-order valence-electron chi connectivity index (χ3n) is 2.46. The van der Waals surface area contributed by atoms with Gasteiger partial charge in [-0.15, -0.1) is 11.3 Å². The molecule has 0 aliphatic heterocycles. The van der Waals surface area contributed by atoms with Crippen molar-refractivity contribution in [1.82, 2.24) is 0 Å². The Labute approximate surface area is 96.1 Å². The van der Waals surface area contributed by atoms with Crippen molar-refractivity contribution in [1.29, 1.82) is 0 Å². The average molecular weight is 234 g/mol. The van der Waals surface area contributed by atoms with Crippen LogP contribution in [0.3, 0.4) is 0 Å². The molecule has 2 N–H and O–H groups in total. The molecule has 15 heavy (non-hydrogen) atoms. The van der Waals surface area contributed by atoms with Gasteiger partial charge in [0.15, 0.2) is 0 Å². The van der Waals surface area contributed by atoms with E-state index in [1.54, 1.807) is 17.4 Å². The number of thiophene rings is 1. The van der Waals surface area contributed by atoms with E-state index >= 15 is 0 Å². The summed E-state index contributed by atoms with van der Waals surface area (Å²) in [7, 11) is 0. The molecule has 3 aromatic rings. The number of hydrogen-bond acceptors (Lipinski definition) is 2. The van der Waals surface area contributed by atoms with Crippen molar-refractivity contribution >= 4 is 48.8 Å². The number of nitrogen functional groups attached to an aromatic ring is 1. The molecular formula is C12H8ClNS. The molecule has 0 aliphatic carbocycles. The van der Waals surface area contributed by atoms with Gasteiger partial charge in [0, 0.05) is 21.2 Å². The van der Waals surface area contributed by atoms with Gasteiger partial charge in [-0.2, -0.15) is 0 Å². The summed E-state index contributed by atoms with van der Waals surface area (Å²) in [4.78, 5) is 0. The van der Waals surface area contributed by atoms with Crippen LogP contribution in [0.1, 0.15) is 0 Å². The minimum Gasteiger partial charge on any atom is -0.399 e. The van der Waals surface area contributed by atoms with Crippen LogP contribution in [0.2, 0.25) is 5.02 Å². The molecule has 1 nitrogen and oxygen atoms in total. The van der Waals surface area contributed by atoms with Gasteiger partial charge < -0.3 is 5.73 Å². The number of anilines is 1. The molecule has 0 saturated carbocycles. The largest absolute Gasteiger partial charge is 0.399 e. The zero-order chi connectivity index (χ0) is 10.4. The van der Waals surface area contributed by atoms with Crippen molar-refractivity contribution < 1.29 is 0 Å². The van der Waals surface area contributed by atoms with E-state index in [1.807, 2.05) is 18.2 Å². The summed E-state index contributed by atoms with van der Waals surface area (Å²) in [6, 6.07) is 12.1. The highest BCUT2D eigenvalue weighted by Gasteiger charge is 2.07. The Morgan fingerprint density at radius 3 is 2.73 bits per heavy atom. The maximum atomic E-state index is 6.16. The SMILES string of the molecule is Nc1cc(Cl)c2sc3ccccc3c2c1. The Kier molecular flexibility index (Phi) is 1.87. The van der Waals surface area contributed by atoms with Crippen molar-refractivity contribution in [2.24, 2.45) is 0 Å². The highest BCUT2D eigenvalue weighted by Crippen LogP contribution is 2.38. The van der Waals surface area contributed by atoms with Gasteiger partial charge >= 0.3 is 0 Å². The van der Waals surface area contributed by atoms with E-state index < -0.39 is 0 Å². The van der Waals surface area contributed by atoms with E-state index in [4.69, 9.17) is 17.3 Å². The average Bonchev–Trinajstić information content (AvgIpc) is 2.57. The van der Waals surface area contributed by atoms with E-state index in [9.17, 15) is 0 Å². The second-order valence-electron chi connectivity index (χ2n) is 3.48. The lowest BCUT2D eigenvalue weighted by atomic mass is 10.1. The number of rotatable bonds is 0. The molecule has 1 heterocycles. The van der Waals surface area contributed by atoms with Crippen molar-refractivity contribution in [2.75, 3.05) is 5.73 Å². The number of nitrogens with two attached hydrogens (primary N) is 1. The standard InChI is InChI=1S/C12H8ClNS/c13-10-6-7(14)5-9-8-3-1-2-4-11(8)15-12(9)10/h1-6H,14H2. The zero-order valence-corrected chi connectivity index (χ0v) is 9.40. The van der Waals surface area contributed by atoms with Crippen LogP contribution in [0.25, 0.3) is 20.2 Å². The highest BCUT2D eigenvalue weighted by atomic mass is 35.5. The summed E-state index contributed by atoms with van der Waals surface area (Å²) in [6.07, 6.45) is 0. The Hall–Kier alpha value is -1.25. The van der Waals surface area contributed by atoms with E-state index in [1.165, 1.54) is 10.1 Å². The van der Waals surface area contributed by atoms with Gasteiger partial charge in [-0.3, -0.25) is 0 Å². The summed E-state index contributed by atoms with van der Waals surface area (Å²) in [6.45, 7) is 0. The second-order valence-corrected chi connectivity index (χ2v) is 4.94. The van der Waals surface area contributed by atoms with Gasteiger partial charge in [0.2, 0.25) is 0 Å². The molecule has 0 atom stereocenters. The van der Waals surface area contributed by atoms with E-state index in [0.717, 1.165) is 20.8 Å². The summed E-state index contributed by atoms with van der Waals surface area (Å²) in [5.74, 6) is 0. The summed E-state index contributed by atoms with van der Waals surface area (Å²) < 4.78 is 2.37. The summed E-state index contributed by atoms with van der Waals surface area (Å²) in [5, 5.41) is 3.12. The fourth-order valence-corrected chi connectivity index (χ4v) is 3.24. The van der Waals surface area contributed by atoms with Crippen molar-refractivity contribution in [3.63, 3.8) is 0 Å². The molecule has 74 valence electrons. The highest BCUT2D eigenvalue weighted by molar-refractivity contribution is 7.26. The number of fused-ring (bicyclic) bond motifs is 3. The quantitative estimate of drug-likeness (QED) is 0.576. The van der Waals surface area contributed by atoms with Crippen LogP contribution in [0.4, 0.5) is 5.69 Å². The van der Waals surface area contributed by atoms with Gasteiger partial charge in [-0.05, 0) is 18.2 Å². The van der Waals surface area contributed by atoms with Crippen LogP contribution < -0.4 is 5.73 Å². The van der Waals surface area contributed by atoms with Crippen LogP contribution in [0.5, 0.6) is 0 Å². The third-order valence-corrected chi connectivity index (χ3v) is 4.09. The van der Waals surface area contributed by atoms with Crippen LogP contribution in [-0.4, -0.2) is 0 Å². The lowest BCUT2D eigenvalue weighted by Gasteiger charge is -1.96. The number of halogens is 1. The molecule has 3 rings (SSSR count). The summed E-state index contributed by atoms with van der Waals surface area (Å²) >= 11 is 7.87. The normalized spacial score (nSPS) is 11.3. The molecule has 0 radical (unpaired) electrons. The van der Waals surface area contributed by atoms with Gasteiger partial charge in [-0.25, -0.2) is 0 Å². The molecule has 0 bridgehead atoms. The lowest BCUT2D eigenvalue weighted by molar-refractivity contribution is 1.79. The fourth-order valence-electron chi connectivity index (χ4n) is 1.81. The van der Waals surface area contributed by atoms with Crippen LogP contribution >= 0.6 is 22.9 Å². The first-order valence-electron chi connectivity index (χ1n) is 4.62. The van der Waals surface area contributed by atoms with Crippen LogP contribution in [0, 0.1) is 0 Å². The molecule has 2 aromatic carbocycles. The maximum absolute atomic E-state index is 6.16. The topological polar surface area (TPSA) is 26.0 Å². The molecule has 0 saturated heterocycles. The first-order valence-corrected chi connectivity index (χ1v) is 5.81. The molecule has 0 spiro atoms. The van der Waals surface area contributed by atoms with Gasteiger partial charge in [0.05, 0.1) is 9.72 Å². The van der Waals surface area contributed by atoms with Crippen LogP contribution in [-0.2, 0) is 0 Å². The lowest BCUT2D eigenvalue weighted by Crippen LogP contribution is -1.82. The predicted octanol–water partition coefficient (Wildman–Crippen LogP) is 4.29. The zero-order valence-electron chi connectivity index (χ0n) is 7.83. The maximum Gasteiger partial charge on any atom is 0.0605 e. The molecule has 1 aromatic heterocycles. The minimum atomic E-state index is 0.719. The van der Waals surface area contributed by atoms with E-state index in [0.29, 0.717) is 0 Å². The molecular weight excluding hydrogens is 226 g/mol. The molecule has 0 amide bonds. The van der Waals surface area contributed by atoms with Gasteiger partial charge in [-0.1, -0.05) is 29.8 Å². The Bertz CT molecular complexity index is 657. The van der Waals surface area contributed by atoms with Crippen molar-refractivity contribution in [2.45, 2.75) is 0 Å². The molecule has 0 aliphatic rings. The Balaban J connectivity index is 2.61. The fraction of sp³-hybridized carbons (Fsp3) is 0. The van der Waals surface area contributed by atoms with E-state index in [-0.39, 0.29) is 0 Å². The summed E-state index contributed by atoms with van der Waals surface area (Å²) in [5.41, 5.74) is 6.51. The molecule has 0 unspecified atom stereocenters. The third kappa shape index (κ3) is 1.29. The van der Waals surface area contributed by atoms with Crippen LogP contribution in [0.15, 0.2) is 36.4 Å². The second kappa shape index (κ2) is 3.12. The Morgan fingerprint density at radius 2 is 1.87 bits per heavy atom. The first-order chi connectivity index (χ1) is 7.25. The van der Waals surface area contributed by atoms with Crippen molar-refractivity contribution in [3.8, 4) is 0 Å². The number of benzene rings is 2. The Morgan fingerprint density at radius 1 is 1.07 bits per heavy atom. The number of hydrogen-bond donors (Lipinski definition) is 1. The predicted molar refractivity (Wildman–Crippen MR) is 68.8 cm³/mol. The van der Waals surface area contributed by atoms with E-state index in [2.05, 4.69) is 12.1 Å². The van der Waals surface area contributed by atoms with Gasteiger partial charge in [0.1, 0.15) is 0 Å². The van der Waals surface area contributed by atoms with Crippen molar-refractivity contribution in [3.05, 3.63) is 41.4 Å². The molecule has 0 fully saturated rings. The first kappa shape index (κ1) is 9.01. The minimum absolute atomic E-state index is 0.719. The monoisotopic (exact) mass is 233 g/mol. The molecule has 3 heteroatoms.